The number of carbonyl (C=O) groups is 2. The summed E-state index contributed by atoms with van der Waals surface area (Å²) in [5, 5.41) is 7.64. The van der Waals surface area contributed by atoms with E-state index in [9.17, 15) is 9.59 Å². The van der Waals surface area contributed by atoms with Crippen LogP contribution in [-0.4, -0.2) is 98.6 Å². The summed E-state index contributed by atoms with van der Waals surface area (Å²) in [5.74, 6) is 0.251. The first kappa shape index (κ1) is 33.9. The van der Waals surface area contributed by atoms with Gasteiger partial charge in [0.05, 0.1) is 43.5 Å². The molecule has 2 saturated heterocycles. The van der Waals surface area contributed by atoms with E-state index in [-0.39, 0.29) is 11.3 Å². The van der Waals surface area contributed by atoms with Crippen LogP contribution in [0.3, 0.4) is 0 Å². The van der Waals surface area contributed by atoms with Gasteiger partial charge in [0.15, 0.2) is 0 Å². The van der Waals surface area contributed by atoms with Crippen molar-refractivity contribution in [3.8, 4) is 16.9 Å². The van der Waals surface area contributed by atoms with Crippen LogP contribution < -0.4 is 20.3 Å². The molecule has 1 atom stereocenters. The van der Waals surface area contributed by atoms with Crippen LogP contribution in [-0.2, 0) is 26.2 Å². The highest BCUT2D eigenvalue weighted by molar-refractivity contribution is 6.08. The maximum Gasteiger partial charge on any atom is 0.322 e. The molecule has 262 valence electrons. The number of hydrogen-bond donors (Lipinski definition) is 2. The summed E-state index contributed by atoms with van der Waals surface area (Å²) >= 11 is 0. The monoisotopic (exact) mass is 678 g/mol. The molecule has 1 aromatic heterocycles. The molecule has 4 aromatic rings. The van der Waals surface area contributed by atoms with Gasteiger partial charge in [0.1, 0.15) is 5.75 Å². The second-order valence-electron chi connectivity index (χ2n) is 14.1. The van der Waals surface area contributed by atoms with Gasteiger partial charge in [-0.25, -0.2) is 4.79 Å². The van der Waals surface area contributed by atoms with Gasteiger partial charge in [0.25, 0.3) is 12.1 Å². The van der Waals surface area contributed by atoms with E-state index in [0.717, 1.165) is 84.8 Å². The molecule has 11 nitrogen and oxygen atoms in total. The number of nitrogens with zero attached hydrogens (tertiary/aromatic N) is 4. The second kappa shape index (κ2) is 14.7. The molecule has 0 radical (unpaired) electrons. The van der Waals surface area contributed by atoms with Crippen LogP contribution in [0.1, 0.15) is 32.0 Å². The number of pyridine rings is 1. The minimum absolute atomic E-state index is 0.107. The molecule has 7 rings (SSSR count). The minimum atomic E-state index is -1.18. The maximum atomic E-state index is 14.0. The summed E-state index contributed by atoms with van der Waals surface area (Å²) in [4.78, 5) is 38.6. The number of morpholine rings is 2. The summed E-state index contributed by atoms with van der Waals surface area (Å²) in [7, 11) is 0. The number of aromatic nitrogens is 1. The first-order chi connectivity index (χ1) is 24.2. The van der Waals surface area contributed by atoms with Gasteiger partial charge in [-0.1, -0.05) is 63.2 Å². The Hall–Kier alpha value is -4.55. The lowest BCUT2D eigenvalue weighted by molar-refractivity contribution is -0.127. The van der Waals surface area contributed by atoms with E-state index in [1.807, 2.05) is 60.8 Å². The van der Waals surface area contributed by atoms with Crippen molar-refractivity contribution in [3.05, 3.63) is 84.2 Å². The smallest absolute Gasteiger partial charge is 0.322 e. The number of benzene rings is 3. The van der Waals surface area contributed by atoms with Gasteiger partial charge in [-0.2, -0.15) is 0 Å². The molecule has 11 heteroatoms. The summed E-state index contributed by atoms with van der Waals surface area (Å²) in [6.07, 6.45) is 0.733. The third-order valence-electron chi connectivity index (χ3n) is 9.65. The number of hydrogen-bond acceptors (Lipinski definition) is 8. The quantitative estimate of drug-likeness (QED) is 0.261. The molecule has 0 bridgehead atoms. The Morgan fingerprint density at radius 1 is 0.860 bits per heavy atom. The fourth-order valence-corrected chi connectivity index (χ4v) is 6.72. The number of carbonyl (C=O) groups excluding carboxylic acids is 2. The summed E-state index contributed by atoms with van der Waals surface area (Å²) in [6.45, 7) is 14.7. The maximum absolute atomic E-state index is 14.0. The molecule has 3 aliphatic rings. The molecule has 3 aromatic carbocycles. The number of urea groups is 1. The summed E-state index contributed by atoms with van der Waals surface area (Å²) in [6, 6.07) is 21.4. The molecule has 0 aliphatic carbocycles. The van der Waals surface area contributed by atoms with Crippen molar-refractivity contribution in [2.45, 2.75) is 39.0 Å². The molecule has 3 aliphatic heterocycles. The van der Waals surface area contributed by atoms with Crippen LogP contribution in [0.5, 0.6) is 5.75 Å². The fourth-order valence-electron chi connectivity index (χ4n) is 6.72. The molecule has 1 unspecified atom stereocenters. The first-order valence-corrected chi connectivity index (χ1v) is 17.5. The van der Waals surface area contributed by atoms with Crippen molar-refractivity contribution < 1.29 is 23.8 Å². The molecule has 2 fully saturated rings. The van der Waals surface area contributed by atoms with Gasteiger partial charge in [-0.3, -0.25) is 24.9 Å². The highest BCUT2D eigenvalue weighted by Crippen LogP contribution is 2.38. The van der Waals surface area contributed by atoms with Crippen LogP contribution in [0.25, 0.3) is 21.9 Å². The highest BCUT2D eigenvalue weighted by atomic mass is 16.5. The molecule has 3 amide bonds. The fraction of sp³-hybridized carbons (Fsp3) is 0.410. The number of anilines is 2. The Kier molecular flexibility index (Phi) is 10.0. The number of ether oxygens (including phenoxy) is 3. The van der Waals surface area contributed by atoms with Crippen molar-refractivity contribution >= 4 is 34.1 Å². The standard InChI is InChI=1S/C39H46N6O5/c1-39(2,3)28-9-13-35-34(24-28)45(15-14-43-16-20-48-21-17-43)37(46)36(50-35)42-38(47)41-33-12-11-30(31-6-4-5-7-32(31)33)27-8-10-29(40-25-27)26-44-18-22-49-23-19-44/h4-13,24-25,36H,14-23,26H2,1-3H3,(H2,41,42,47). The zero-order chi connectivity index (χ0) is 34.7. The third kappa shape index (κ3) is 7.61. The van der Waals surface area contributed by atoms with Crippen LogP contribution in [0.4, 0.5) is 16.2 Å². The largest absolute Gasteiger partial charge is 0.459 e. The van der Waals surface area contributed by atoms with Gasteiger partial charge in [-0.15, -0.1) is 0 Å². The van der Waals surface area contributed by atoms with E-state index in [0.29, 0.717) is 37.7 Å². The van der Waals surface area contributed by atoms with Crippen molar-refractivity contribution in [2.24, 2.45) is 0 Å². The van der Waals surface area contributed by atoms with Gasteiger partial charge in [0.2, 0.25) is 0 Å². The molecular weight excluding hydrogens is 632 g/mol. The van der Waals surface area contributed by atoms with Gasteiger partial charge < -0.3 is 24.4 Å². The molecule has 0 saturated carbocycles. The molecule has 0 spiro atoms. The van der Waals surface area contributed by atoms with Crippen LogP contribution in [0.2, 0.25) is 0 Å². The summed E-state index contributed by atoms with van der Waals surface area (Å²) < 4.78 is 17.1. The predicted molar refractivity (Wildman–Crippen MR) is 195 cm³/mol. The Morgan fingerprint density at radius 3 is 2.28 bits per heavy atom. The predicted octanol–water partition coefficient (Wildman–Crippen LogP) is 5.24. The number of amides is 3. The van der Waals surface area contributed by atoms with E-state index >= 15 is 0 Å². The van der Waals surface area contributed by atoms with Crippen molar-refractivity contribution in [1.82, 2.24) is 20.1 Å². The van der Waals surface area contributed by atoms with E-state index in [2.05, 4.69) is 53.3 Å². The molecule has 2 N–H and O–H groups in total. The normalized spacial score (nSPS) is 18.8. The SMILES string of the molecule is CC(C)(C)c1ccc2c(c1)N(CCN1CCOCC1)C(=O)C(NC(=O)Nc1ccc(-c3ccc(CN4CCOCC4)nc3)c3ccccc13)O2. The van der Waals surface area contributed by atoms with Crippen LogP contribution >= 0.6 is 0 Å². The van der Waals surface area contributed by atoms with Crippen LogP contribution in [0.15, 0.2) is 72.9 Å². The van der Waals surface area contributed by atoms with E-state index in [1.165, 1.54) is 0 Å². The second-order valence-corrected chi connectivity index (χ2v) is 14.1. The molecule has 4 heterocycles. The van der Waals surface area contributed by atoms with E-state index < -0.39 is 12.3 Å². The lowest BCUT2D eigenvalue weighted by Crippen LogP contribution is -2.56. The number of rotatable bonds is 8. The average molecular weight is 679 g/mol. The summed E-state index contributed by atoms with van der Waals surface area (Å²) in [5.41, 5.74) is 5.37. The highest BCUT2D eigenvalue weighted by Gasteiger charge is 2.36. The lowest BCUT2D eigenvalue weighted by atomic mass is 9.86. The Bertz CT molecular complexity index is 1830. The van der Waals surface area contributed by atoms with Gasteiger partial charge >= 0.3 is 6.03 Å². The molecule has 50 heavy (non-hydrogen) atoms. The van der Waals surface area contributed by atoms with Gasteiger partial charge in [-0.05, 0) is 46.2 Å². The van der Waals surface area contributed by atoms with Crippen molar-refractivity contribution in [2.75, 3.05) is 75.9 Å². The van der Waals surface area contributed by atoms with Crippen LogP contribution in [0, 0.1) is 0 Å². The third-order valence-corrected chi connectivity index (χ3v) is 9.65. The molecular formula is C39H46N6O5. The zero-order valence-corrected chi connectivity index (χ0v) is 29.1. The van der Waals surface area contributed by atoms with Gasteiger partial charge in [0, 0.05) is 63.0 Å². The number of nitrogens with one attached hydrogen (secondary N) is 2. The lowest BCUT2D eigenvalue weighted by Gasteiger charge is -2.37. The van der Waals surface area contributed by atoms with E-state index in [4.69, 9.17) is 19.2 Å². The Balaban J connectivity index is 1.08. The minimum Gasteiger partial charge on any atom is -0.459 e. The first-order valence-electron chi connectivity index (χ1n) is 17.5. The Morgan fingerprint density at radius 2 is 1.58 bits per heavy atom. The number of fused-ring (bicyclic) bond motifs is 2. The van der Waals surface area contributed by atoms with Crippen molar-refractivity contribution in [3.63, 3.8) is 0 Å². The zero-order valence-electron chi connectivity index (χ0n) is 29.1. The van der Waals surface area contributed by atoms with E-state index in [1.54, 1.807) is 4.90 Å². The Labute approximate surface area is 293 Å². The topological polar surface area (TPSA) is 108 Å². The average Bonchev–Trinajstić information content (AvgIpc) is 3.12. The van der Waals surface area contributed by atoms with Crippen molar-refractivity contribution in [1.29, 1.82) is 0 Å².